The van der Waals surface area contributed by atoms with E-state index in [0.29, 0.717) is 35.4 Å². The Morgan fingerprint density at radius 1 is 1.32 bits per heavy atom. The van der Waals surface area contributed by atoms with E-state index in [2.05, 4.69) is 4.98 Å². The third kappa shape index (κ3) is 3.85. The minimum atomic E-state index is -0.633. The number of anilines is 1. The van der Waals surface area contributed by atoms with Crippen molar-refractivity contribution in [3.05, 3.63) is 41.2 Å². The largest absolute Gasteiger partial charge is 0.488 e. The number of rotatable bonds is 1. The van der Waals surface area contributed by atoms with Crippen molar-refractivity contribution in [3.8, 4) is 17.0 Å². The third-order valence-corrected chi connectivity index (χ3v) is 3.72. The van der Waals surface area contributed by atoms with Gasteiger partial charge in [-0.25, -0.2) is 14.2 Å². The Morgan fingerprint density at radius 3 is 2.80 bits per heavy atom. The van der Waals surface area contributed by atoms with E-state index in [1.165, 1.54) is 23.1 Å². The average Bonchev–Trinajstić information content (AvgIpc) is 2.54. The molecule has 0 radical (unpaired) electrons. The summed E-state index contributed by atoms with van der Waals surface area (Å²) in [6, 6.07) is 7.53. The highest BCUT2D eigenvalue weighted by molar-refractivity contribution is 6.30. The summed E-state index contributed by atoms with van der Waals surface area (Å²) in [5, 5.41) is 0.399. The summed E-state index contributed by atoms with van der Waals surface area (Å²) in [6.45, 7) is 6.00. The molecule has 1 aromatic heterocycles. The molecule has 5 nitrogen and oxygen atoms in total. The number of hydrogen-bond donors (Lipinski definition) is 0. The second-order valence-electron chi connectivity index (χ2n) is 6.62. The normalized spacial score (nSPS) is 13.9. The van der Waals surface area contributed by atoms with Crippen LogP contribution in [0.3, 0.4) is 0 Å². The van der Waals surface area contributed by atoms with Crippen molar-refractivity contribution >= 4 is 23.5 Å². The predicted molar refractivity (Wildman–Crippen MR) is 93.7 cm³/mol. The van der Waals surface area contributed by atoms with Crippen LogP contribution in [-0.2, 0) is 4.74 Å². The van der Waals surface area contributed by atoms with Crippen LogP contribution < -0.4 is 9.64 Å². The van der Waals surface area contributed by atoms with Gasteiger partial charge in [0.05, 0.1) is 12.2 Å². The fourth-order valence-electron chi connectivity index (χ4n) is 2.43. The van der Waals surface area contributed by atoms with Crippen molar-refractivity contribution in [1.82, 2.24) is 4.98 Å². The lowest BCUT2D eigenvalue weighted by Crippen LogP contribution is -2.42. The van der Waals surface area contributed by atoms with E-state index in [1.807, 2.05) is 0 Å². The smallest absolute Gasteiger partial charge is 0.416 e. The maximum Gasteiger partial charge on any atom is 0.416 e. The summed E-state index contributed by atoms with van der Waals surface area (Å²) in [4.78, 5) is 18.3. The summed E-state index contributed by atoms with van der Waals surface area (Å²) in [5.74, 6) is 0.304. The zero-order valence-electron chi connectivity index (χ0n) is 14.2. The van der Waals surface area contributed by atoms with Gasteiger partial charge in [-0.3, -0.25) is 4.90 Å². The molecule has 7 heteroatoms. The van der Waals surface area contributed by atoms with Crippen molar-refractivity contribution < 1.29 is 18.7 Å². The molecular weight excluding hydrogens is 347 g/mol. The molecule has 3 rings (SSSR count). The van der Waals surface area contributed by atoms with Crippen LogP contribution in [-0.4, -0.2) is 29.8 Å². The fourth-order valence-corrected chi connectivity index (χ4v) is 2.61. The monoisotopic (exact) mass is 364 g/mol. The number of ether oxygens (including phenoxy) is 2. The number of pyridine rings is 1. The van der Waals surface area contributed by atoms with Gasteiger partial charge in [0, 0.05) is 10.6 Å². The SMILES string of the molecule is CC(C)(C)OC(=O)N1CCOc2ccc(-c3cc(Cl)ccc3F)nc21. The fraction of sp³-hybridized carbons (Fsp3) is 0.333. The van der Waals surface area contributed by atoms with Crippen molar-refractivity contribution in [2.75, 3.05) is 18.1 Å². The Labute approximate surface area is 150 Å². The first kappa shape index (κ1) is 17.5. The lowest BCUT2D eigenvalue weighted by molar-refractivity contribution is 0.0566. The minimum Gasteiger partial charge on any atom is -0.488 e. The molecule has 0 bridgehead atoms. The highest BCUT2D eigenvalue weighted by atomic mass is 35.5. The third-order valence-electron chi connectivity index (χ3n) is 3.49. The first-order valence-corrected chi connectivity index (χ1v) is 8.22. The summed E-state index contributed by atoms with van der Waals surface area (Å²) < 4.78 is 25.1. The molecule has 1 aromatic carbocycles. The van der Waals surface area contributed by atoms with Crippen molar-refractivity contribution in [2.45, 2.75) is 26.4 Å². The van der Waals surface area contributed by atoms with Crippen molar-refractivity contribution in [1.29, 1.82) is 0 Å². The molecular formula is C18H18ClFN2O3. The molecule has 1 aliphatic rings. The number of aromatic nitrogens is 1. The molecule has 132 valence electrons. The Hall–Kier alpha value is -2.34. The number of carbonyl (C=O) groups is 1. The Morgan fingerprint density at radius 2 is 2.08 bits per heavy atom. The quantitative estimate of drug-likeness (QED) is 0.737. The van der Waals surface area contributed by atoms with Gasteiger partial charge >= 0.3 is 6.09 Å². The molecule has 0 saturated heterocycles. The molecule has 0 spiro atoms. The highest BCUT2D eigenvalue weighted by Crippen LogP contribution is 2.34. The highest BCUT2D eigenvalue weighted by Gasteiger charge is 2.30. The number of amides is 1. The van der Waals surface area contributed by atoms with Crippen molar-refractivity contribution in [2.24, 2.45) is 0 Å². The number of benzene rings is 1. The lowest BCUT2D eigenvalue weighted by atomic mass is 10.1. The average molecular weight is 365 g/mol. The number of halogens is 2. The molecule has 25 heavy (non-hydrogen) atoms. The first-order chi connectivity index (χ1) is 11.7. The van der Waals surface area contributed by atoms with Crippen LogP contribution in [0, 0.1) is 5.82 Å². The predicted octanol–water partition coefficient (Wildman–Crippen LogP) is 4.68. The molecule has 0 unspecified atom stereocenters. The van der Waals surface area contributed by atoms with Crippen LogP contribution in [0.15, 0.2) is 30.3 Å². The minimum absolute atomic E-state index is 0.255. The zero-order chi connectivity index (χ0) is 18.2. The van der Waals surface area contributed by atoms with Crippen LogP contribution in [0.25, 0.3) is 11.3 Å². The van der Waals surface area contributed by atoms with E-state index in [1.54, 1.807) is 32.9 Å². The molecule has 0 aliphatic carbocycles. The summed E-state index contributed by atoms with van der Waals surface area (Å²) in [5.41, 5.74) is -0.0190. The Bertz CT molecular complexity index is 820. The first-order valence-electron chi connectivity index (χ1n) is 7.84. The van der Waals surface area contributed by atoms with Crippen LogP contribution >= 0.6 is 11.6 Å². The van der Waals surface area contributed by atoms with Gasteiger partial charge in [-0.1, -0.05) is 11.6 Å². The van der Waals surface area contributed by atoms with Crippen LogP contribution in [0.1, 0.15) is 20.8 Å². The standard InChI is InChI=1S/C18H18ClFN2O3/c1-18(2,3)25-17(23)22-8-9-24-15-7-6-14(21-16(15)22)12-10-11(19)4-5-13(12)20/h4-7,10H,8-9H2,1-3H3. The zero-order valence-corrected chi connectivity index (χ0v) is 14.9. The van der Waals surface area contributed by atoms with Gasteiger partial charge < -0.3 is 9.47 Å². The lowest BCUT2D eigenvalue weighted by Gasteiger charge is -2.30. The number of carbonyl (C=O) groups excluding carboxylic acids is 1. The molecule has 2 heterocycles. The topological polar surface area (TPSA) is 51.7 Å². The molecule has 1 aliphatic heterocycles. The van der Waals surface area contributed by atoms with Gasteiger partial charge in [0.2, 0.25) is 0 Å². The second kappa shape index (κ2) is 6.52. The van der Waals surface area contributed by atoms with E-state index in [9.17, 15) is 9.18 Å². The molecule has 2 aromatic rings. The van der Waals surface area contributed by atoms with Gasteiger partial charge in [0.1, 0.15) is 18.0 Å². The summed E-state index contributed by atoms with van der Waals surface area (Å²) >= 11 is 5.96. The molecule has 0 saturated carbocycles. The van der Waals surface area contributed by atoms with Gasteiger partial charge in [-0.05, 0) is 51.1 Å². The van der Waals surface area contributed by atoms with E-state index < -0.39 is 17.5 Å². The maximum absolute atomic E-state index is 14.1. The summed E-state index contributed by atoms with van der Waals surface area (Å²) in [7, 11) is 0. The van der Waals surface area contributed by atoms with Gasteiger partial charge in [-0.2, -0.15) is 0 Å². The van der Waals surface area contributed by atoms with E-state index in [0.717, 1.165) is 0 Å². The van der Waals surface area contributed by atoms with Crippen LogP contribution in [0.4, 0.5) is 15.0 Å². The van der Waals surface area contributed by atoms with E-state index in [-0.39, 0.29) is 5.56 Å². The Kier molecular flexibility index (Phi) is 4.56. The van der Waals surface area contributed by atoms with Gasteiger partial charge in [-0.15, -0.1) is 0 Å². The van der Waals surface area contributed by atoms with Gasteiger partial charge in [0.15, 0.2) is 11.6 Å². The molecule has 0 fully saturated rings. The molecule has 0 N–H and O–H groups in total. The molecule has 1 amide bonds. The van der Waals surface area contributed by atoms with Gasteiger partial charge in [0.25, 0.3) is 0 Å². The van der Waals surface area contributed by atoms with E-state index >= 15 is 0 Å². The number of fused-ring (bicyclic) bond motifs is 1. The maximum atomic E-state index is 14.1. The van der Waals surface area contributed by atoms with Crippen LogP contribution in [0.2, 0.25) is 5.02 Å². The Balaban J connectivity index is 2.01. The second-order valence-corrected chi connectivity index (χ2v) is 7.06. The molecule has 0 atom stereocenters. The summed E-state index contributed by atoms with van der Waals surface area (Å²) in [6.07, 6.45) is -0.520. The van der Waals surface area contributed by atoms with Crippen molar-refractivity contribution in [3.63, 3.8) is 0 Å². The van der Waals surface area contributed by atoms with E-state index in [4.69, 9.17) is 21.1 Å². The number of hydrogen-bond acceptors (Lipinski definition) is 4. The number of nitrogens with zero attached hydrogens (tertiary/aromatic N) is 2. The van der Waals surface area contributed by atoms with Crippen LogP contribution in [0.5, 0.6) is 5.75 Å².